The van der Waals surface area contributed by atoms with Crippen LogP contribution < -0.4 is 10.6 Å². The van der Waals surface area contributed by atoms with Crippen LogP contribution in [0.25, 0.3) is 0 Å². The second-order valence-corrected chi connectivity index (χ2v) is 3.90. The van der Waals surface area contributed by atoms with Crippen LogP contribution in [0.5, 0.6) is 0 Å². The van der Waals surface area contributed by atoms with Crippen LogP contribution in [-0.2, 0) is 15.2 Å². The molecule has 0 saturated carbocycles. The maximum absolute atomic E-state index is 11.2. The van der Waals surface area contributed by atoms with Crippen molar-refractivity contribution < 1.29 is 14.7 Å². The molecule has 0 heterocycles. The third kappa shape index (κ3) is 3.57. The summed E-state index contributed by atoms with van der Waals surface area (Å²) in [5, 5.41) is 14.7. The van der Waals surface area contributed by atoms with Gasteiger partial charge in [-0.2, -0.15) is 0 Å². The van der Waals surface area contributed by atoms with E-state index in [4.69, 9.17) is 0 Å². The molecule has 0 bridgehead atoms. The highest BCUT2D eigenvalue weighted by Gasteiger charge is 2.24. The minimum Gasteiger partial charge on any atom is -0.384 e. The van der Waals surface area contributed by atoms with E-state index in [9.17, 15) is 14.7 Å². The Morgan fingerprint density at radius 3 is 2.35 bits per heavy atom. The summed E-state index contributed by atoms with van der Waals surface area (Å²) in [5.41, 5.74) is -0.525. The van der Waals surface area contributed by atoms with Gasteiger partial charge < -0.3 is 15.7 Å². The average molecular weight is 236 g/mol. The summed E-state index contributed by atoms with van der Waals surface area (Å²) in [7, 11) is 1.37. The molecule has 0 radical (unpaired) electrons. The standard InChI is InChI=1S/C12H16N2O3/c1-12(17,9-6-4-3-5-7-9)8-14-11(16)10(15)13-2/h3-7,17H,8H2,1-2H3,(H,13,15)(H,14,16). The summed E-state index contributed by atoms with van der Waals surface area (Å²) >= 11 is 0. The van der Waals surface area contributed by atoms with Crippen molar-refractivity contribution in [2.24, 2.45) is 0 Å². The minimum absolute atomic E-state index is 0.0245. The molecule has 92 valence electrons. The SMILES string of the molecule is CNC(=O)C(=O)NCC(C)(O)c1ccccc1. The van der Waals surface area contributed by atoms with Crippen molar-refractivity contribution in [1.29, 1.82) is 0 Å². The summed E-state index contributed by atoms with van der Waals surface area (Å²) in [6, 6.07) is 8.94. The van der Waals surface area contributed by atoms with Crippen molar-refractivity contribution in [3.8, 4) is 0 Å². The summed E-state index contributed by atoms with van der Waals surface area (Å²) in [4.78, 5) is 22.2. The summed E-state index contributed by atoms with van der Waals surface area (Å²) < 4.78 is 0. The van der Waals surface area contributed by atoms with Crippen molar-refractivity contribution >= 4 is 11.8 Å². The van der Waals surface area contributed by atoms with Crippen LogP contribution in [0, 0.1) is 0 Å². The maximum atomic E-state index is 11.2. The highest BCUT2D eigenvalue weighted by molar-refractivity contribution is 6.35. The van der Waals surface area contributed by atoms with Gasteiger partial charge in [0.25, 0.3) is 0 Å². The molecule has 2 amide bonds. The molecule has 1 rings (SSSR count). The van der Waals surface area contributed by atoms with E-state index >= 15 is 0 Å². The second kappa shape index (κ2) is 5.45. The third-order valence-electron chi connectivity index (χ3n) is 2.42. The monoisotopic (exact) mass is 236 g/mol. The van der Waals surface area contributed by atoms with Gasteiger partial charge in [0.15, 0.2) is 0 Å². The van der Waals surface area contributed by atoms with Gasteiger partial charge in [-0.05, 0) is 12.5 Å². The van der Waals surface area contributed by atoms with Crippen LogP contribution in [0.2, 0.25) is 0 Å². The minimum atomic E-state index is -1.20. The summed E-state index contributed by atoms with van der Waals surface area (Å²) in [6.07, 6.45) is 0. The smallest absolute Gasteiger partial charge is 0.309 e. The van der Waals surface area contributed by atoms with Gasteiger partial charge in [-0.15, -0.1) is 0 Å². The van der Waals surface area contributed by atoms with Gasteiger partial charge in [-0.3, -0.25) is 9.59 Å². The third-order valence-corrected chi connectivity index (χ3v) is 2.42. The van der Waals surface area contributed by atoms with E-state index in [-0.39, 0.29) is 6.54 Å². The number of carbonyl (C=O) groups is 2. The first-order valence-electron chi connectivity index (χ1n) is 5.25. The van der Waals surface area contributed by atoms with Gasteiger partial charge in [-0.25, -0.2) is 0 Å². The van der Waals surface area contributed by atoms with Gasteiger partial charge in [0.1, 0.15) is 5.60 Å². The van der Waals surface area contributed by atoms with Crippen molar-refractivity contribution in [2.45, 2.75) is 12.5 Å². The van der Waals surface area contributed by atoms with Crippen molar-refractivity contribution in [1.82, 2.24) is 10.6 Å². The maximum Gasteiger partial charge on any atom is 0.309 e. The molecule has 0 aliphatic carbocycles. The fraction of sp³-hybridized carbons (Fsp3) is 0.333. The number of amides is 2. The number of nitrogens with one attached hydrogen (secondary N) is 2. The van der Waals surface area contributed by atoms with E-state index < -0.39 is 17.4 Å². The number of hydrogen-bond donors (Lipinski definition) is 3. The Kier molecular flexibility index (Phi) is 4.23. The predicted molar refractivity (Wildman–Crippen MR) is 63.1 cm³/mol. The molecule has 0 aromatic heterocycles. The first-order valence-corrected chi connectivity index (χ1v) is 5.25. The highest BCUT2D eigenvalue weighted by atomic mass is 16.3. The molecule has 17 heavy (non-hydrogen) atoms. The Balaban J connectivity index is 2.62. The lowest BCUT2D eigenvalue weighted by atomic mass is 9.96. The van der Waals surface area contributed by atoms with Crippen molar-refractivity contribution in [3.63, 3.8) is 0 Å². The molecule has 1 aromatic rings. The first kappa shape index (κ1) is 13.2. The molecule has 1 aromatic carbocycles. The summed E-state index contributed by atoms with van der Waals surface area (Å²) in [5.74, 6) is -1.49. The molecule has 0 aliphatic rings. The molecular weight excluding hydrogens is 220 g/mol. The van der Waals surface area contributed by atoms with Crippen LogP contribution in [-0.4, -0.2) is 30.5 Å². The number of likely N-dealkylation sites (N-methyl/N-ethyl adjacent to an activating group) is 1. The lowest BCUT2D eigenvalue weighted by Crippen LogP contribution is -2.44. The topological polar surface area (TPSA) is 78.4 Å². The fourth-order valence-electron chi connectivity index (χ4n) is 1.35. The first-order chi connectivity index (χ1) is 7.97. The van der Waals surface area contributed by atoms with Crippen LogP contribution in [0.3, 0.4) is 0 Å². The van der Waals surface area contributed by atoms with E-state index in [0.29, 0.717) is 5.56 Å². The molecular formula is C12H16N2O3. The Morgan fingerprint density at radius 2 is 1.82 bits per heavy atom. The largest absolute Gasteiger partial charge is 0.384 e. The quantitative estimate of drug-likeness (QED) is 0.634. The van der Waals surface area contributed by atoms with Crippen molar-refractivity contribution in [3.05, 3.63) is 35.9 Å². The molecule has 0 spiro atoms. The number of aliphatic hydroxyl groups is 1. The van der Waals surface area contributed by atoms with Gasteiger partial charge in [0, 0.05) is 7.05 Å². The van der Waals surface area contributed by atoms with Gasteiger partial charge >= 0.3 is 11.8 Å². The molecule has 0 fully saturated rings. The fourth-order valence-corrected chi connectivity index (χ4v) is 1.35. The molecule has 5 nitrogen and oxygen atoms in total. The molecule has 1 atom stereocenters. The van der Waals surface area contributed by atoms with Crippen LogP contribution in [0.15, 0.2) is 30.3 Å². The Labute approximate surface area is 99.8 Å². The van der Waals surface area contributed by atoms with Crippen molar-refractivity contribution in [2.75, 3.05) is 13.6 Å². The molecule has 5 heteroatoms. The predicted octanol–water partition coefficient (Wildman–Crippen LogP) is -0.244. The van der Waals surface area contributed by atoms with Crippen LogP contribution >= 0.6 is 0 Å². The Morgan fingerprint density at radius 1 is 1.24 bits per heavy atom. The Hall–Kier alpha value is -1.88. The second-order valence-electron chi connectivity index (χ2n) is 3.90. The molecule has 0 aliphatic heterocycles. The van der Waals surface area contributed by atoms with Crippen LogP contribution in [0.4, 0.5) is 0 Å². The van der Waals surface area contributed by atoms with Gasteiger partial charge in [0.2, 0.25) is 0 Å². The highest BCUT2D eigenvalue weighted by Crippen LogP contribution is 2.18. The number of benzene rings is 1. The average Bonchev–Trinajstić information content (AvgIpc) is 2.36. The van der Waals surface area contributed by atoms with Gasteiger partial charge in [0.05, 0.1) is 6.54 Å². The Bertz CT molecular complexity index is 401. The lowest BCUT2D eigenvalue weighted by Gasteiger charge is -2.23. The molecule has 0 saturated heterocycles. The van der Waals surface area contributed by atoms with E-state index in [1.165, 1.54) is 7.05 Å². The zero-order chi connectivity index (χ0) is 12.9. The van der Waals surface area contributed by atoms with Crippen LogP contribution in [0.1, 0.15) is 12.5 Å². The van der Waals surface area contributed by atoms with E-state index in [1.54, 1.807) is 31.2 Å². The van der Waals surface area contributed by atoms with E-state index in [2.05, 4.69) is 10.6 Å². The zero-order valence-corrected chi connectivity index (χ0v) is 9.86. The normalized spacial score (nSPS) is 13.6. The van der Waals surface area contributed by atoms with E-state index in [0.717, 1.165) is 0 Å². The lowest BCUT2D eigenvalue weighted by molar-refractivity contribution is -0.139. The molecule has 3 N–H and O–H groups in total. The number of carbonyl (C=O) groups excluding carboxylic acids is 2. The molecule has 1 unspecified atom stereocenters. The van der Waals surface area contributed by atoms with Gasteiger partial charge in [-0.1, -0.05) is 30.3 Å². The summed E-state index contributed by atoms with van der Waals surface area (Å²) in [6.45, 7) is 1.55. The zero-order valence-electron chi connectivity index (χ0n) is 9.86. The number of rotatable bonds is 3. The van der Waals surface area contributed by atoms with E-state index in [1.807, 2.05) is 6.07 Å². The number of hydrogen-bond acceptors (Lipinski definition) is 3.